The van der Waals surface area contributed by atoms with Gasteiger partial charge in [-0.15, -0.1) is 0 Å². The molecule has 5 heterocycles. The van der Waals surface area contributed by atoms with Crippen molar-refractivity contribution in [3.05, 3.63) is 60.4 Å². The van der Waals surface area contributed by atoms with E-state index in [1.54, 1.807) is 9.80 Å². The lowest BCUT2D eigenvalue weighted by Gasteiger charge is -2.27. The number of rotatable bonds is 4. The van der Waals surface area contributed by atoms with E-state index in [1.165, 1.54) is 10.8 Å². The number of ether oxygens (including phenoxy) is 2. The SMILES string of the molecule is Cn1c2cc(-c3cnc([C@@H]4CCCN4C(=O)OC(C)(C)C)[nH]3)ccc2c2ccc(-c3cnc([C@@H]4CCCN4C(=O)OC(C)(C)C)[nH]3)cc21. The molecule has 48 heavy (non-hydrogen) atoms. The highest BCUT2D eigenvalue weighted by molar-refractivity contribution is 6.09. The van der Waals surface area contributed by atoms with Gasteiger partial charge in [0.15, 0.2) is 0 Å². The molecule has 7 rings (SSSR count). The van der Waals surface area contributed by atoms with E-state index >= 15 is 0 Å². The van der Waals surface area contributed by atoms with Crippen LogP contribution in [-0.2, 0) is 16.5 Å². The summed E-state index contributed by atoms with van der Waals surface area (Å²) in [6.45, 7) is 12.6. The minimum Gasteiger partial charge on any atom is -0.444 e. The molecule has 2 aliphatic rings. The highest BCUT2D eigenvalue weighted by atomic mass is 16.6. The van der Waals surface area contributed by atoms with Gasteiger partial charge in [0, 0.05) is 53.1 Å². The van der Waals surface area contributed by atoms with Crippen molar-refractivity contribution in [2.24, 2.45) is 7.05 Å². The first kappa shape index (κ1) is 31.8. The average molecular weight is 652 g/mol. The number of hydrogen-bond acceptors (Lipinski definition) is 6. The Morgan fingerprint density at radius 1 is 0.708 bits per heavy atom. The molecule has 2 atom stereocenters. The van der Waals surface area contributed by atoms with E-state index in [4.69, 9.17) is 19.4 Å². The minimum atomic E-state index is -0.546. The van der Waals surface area contributed by atoms with Gasteiger partial charge in [-0.2, -0.15) is 0 Å². The molecule has 252 valence electrons. The molecule has 11 heteroatoms. The summed E-state index contributed by atoms with van der Waals surface area (Å²) < 4.78 is 13.5. The molecule has 2 aliphatic heterocycles. The molecule has 2 N–H and O–H groups in total. The largest absolute Gasteiger partial charge is 0.444 e. The highest BCUT2D eigenvalue weighted by Crippen LogP contribution is 2.37. The lowest BCUT2D eigenvalue weighted by Crippen LogP contribution is -2.36. The van der Waals surface area contributed by atoms with Crippen molar-refractivity contribution in [2.45, 2.75) is 90.5 Å². The van der Waals surface area contributed by atoms with Crippen molar-refractivity contribution in [3.63, 3.8) is 0 Å². The summed E-state index contributed by atoms with van der Waals surface area (Å²) >= 11 is 0. The van der Waals surface area contributed by atoms with Crippen LogP contribution in [0, 0.1) is 0 Å². The number of H-pyrrole nitrogens is 2. The number of nitrogens with zero attached hydrogens (tertiary/aromatic N) is 5. The lowest BCUT2D eigenvalue weighted by atomic mass is 10.1. The number of hydrogen-bond donors (Lipinski definition) is 2. The second kappa shape index (κ2) is 11.7. The predicted octanol–water partition coefficient (Wildman–Crippen LogP) is 8.26. The molecule has 0 bridgehead atoms. The number of aromatic nitrogens is 5. The molecule has 0 aliphatic carbocycles. The Balaban J connectivity index is 1.14. The van der Waals surface area contributed by atoms with E-state index in [0.717, 1.165) is 70.9 Å². The van der Waals surface area contributed by atoms with Gasteiger partial charge >= 0.3 is 12.2 Å². The van der Waals surface area contributed by atoms with Crippen molar-refractivity contribution in [3.8, 4) is 22.5 Å². The predicted molar refractivity (Wildman–Crippen MR) is 185 cm³/mol. The summed E-state index contributed by atoms with van der Waals surface area (Å²) in [7, 11) is 2.09. The number of fused-ring (bicyclic) bond motifs is 3. The number of amides is 2. The van der Waals surface area contributed by atoms with E-state index in [0.29, 0.717) is 13.1 Å². The van der Waals surface area contributed by atoms with Gasteiger partial charge in [-0.25, -0.2) is 19.6 Å². The van der Waals surface area contributed by atoms with Crippen molar-refractivity contribution in [1.82, 2.24) is 34.3 Å². The first-order valence-corrected chi connectivity index (χ1v) is 16.9. The Morgan fingerprint density at radius 2 is 1.12 bits per heavy atom. The topological polar surface area (TPSA) is 121 Å². The van der Waals surface area contributed by atoms with Crippen LogP contribution in [0.25, 0.3) is 44.3 Å². The quantitative estimate of drug-likeness (QED) is 0.202. The number of aromatic amines is 2. The molecule has 2 fully saturated rings. The first-order chi connectivity index (χ1) is 22.8. The average Bonchev–Trinajstić information content (AvgIpc) is 3.84. The van der Waals surface area contributed by atoms with E-state index in [1.807, 2.05) is 53.9 Å². The highest BCUT2D eigenvalue weighted by Gasteiger charge is 2.36. The molecule has 11 nitrogen and oxygen atoms in total. The fraction of sp³-hybridized carbons (Fsp3) is 0.459. The van der Waals surface area contributed by atoms with E-state index in [2.05, 4.69) is 58.0 Å². The van der Waals surface area contributed by atoms with Crippen molar-refractivity contribution < 1.29 is 19.1 Å². The summed E-state index contributed by atoms with van der Waals surface area (Å²) in [6, 6.07) is 12.7. The molecule has 0 saturated carbocycles. The molecule has 2 aromatic carbocycles. The summed E-state index contributed by atoms with van der Waals surface area (Å²) in [4.78, 5) is 45.7. The first-order valence-electron chi connectivity index (χ1n) is 16.9. The van der Waals surface area contributed by atoms with Crippen LogP contribution in [0.1, 0.15) is 91.0 Å². The fourth-order valence-electron chi connectivity index (χ4n) is 7.02. The second-order valence-electron chi connectivity index (χ2n) is 15.1. The third-order valence-electron chi connectivity index (χ3n) is 9.21. The molecular formula is C37H45N7O4. The Kier molecular flexibility index (Phi) is 7.76. The summed E-state index contributed by atoms with van der Waals surface area (Å²) in [6.07, 6.45) is 6.62. The smallest absolute Gasteiger partial charge is 0.410 e. The van der Waals surface area contributed by atoms with Gasteiger partial charge in [-0.3, -0.25) is 9.80 Å². The maximum atomic E-state index is 12.9. The molecule has 3 aromatic heterocycles. The van der Waals surface area contributed by atoms with Crippen LogP contribution in [0.2, 0.25) is 0 Å². The monoisotopic (exact) mass is 651 g/mol. The van der Waals surface area contributed by atoms with Crippen LogP contribution in [0.5, 0.6) is 0 Å². The van der Waals surface area contributed by atoms with Gasteiger partial charge in [-0.05, 0) is 79.4 Å². The minimum absolute atomic E-state index is 0.134. The normalized spacial score (nSPS) is 18.7. The van der Waals surface area contributed by atoms with Crippen LogP contribution in [0.15, 0.2) is 48.8 Å². The van der Waals surface area contributed by atoms with Crippen molar-refractivity contribution >= 4 is 34.0 Å². The number of nitrogens with one attached hydrogen (secondary N) is 2. The molecule has 2 saturated heterocycles. The molecular weight excluding hydrogens is 606 g/mol. The van der Waals surface area contributed by atoms with E-state index in [9.17, 15) is 9.59 Å². The third kappa shape index (κ3) is 6.02. The number of aryl methyl sites for hydroxylation is 1. The van der Waals surface area contributed by atoms with Crippen LogP contribution >= 0.6 is 0 Å². The zero-order chi connectivity index (χ0) is 34.0. The number of imidazole rings is 2. The zero-order valence-corrected chi connectivity index (χ0v) is 28.9. The van der Waals surface area contributed by atoms with Crippen LogP contribution in [-0.4, -0.2) is 70.8 Å². The summed E-state index contributed by atoms with van der Waals surface area (Å²) in [5, 5.41) is 2.33. The Labute approximate surface area is 280 Å². The van der Waals surface area contributed by atoms with Gasteiger partial charge in [0.25, 0.3) is 0 Å². The number of carbonyl (C=O) groups is 2. The maximum absolute atomic E-state index is 12.9. The number of benzene rings is 2. The van der Waals surface area contributed by atoms with Crippen LogP contribution in [0.3, 0.4) is 0 Å². The Morgan fingerprint density at radius 3 is 1.52 bits per heavy atom. The molecule has 5 aromatic rings. The van der Waals surface area contributed by atoms with Crippen molar-refractivity contribution in [2.75, 3.05) is 13.1 Å². The zero-order valence-electron chi connectivity index (χ0n) is 28.9. The van der Waals surface area contributed by atoms with Crippen LogP contribution in [0.4, 0.5) is 9.59 Å². The second-order valence-corrected chi connectivity index (χ2v) is 15.1. The standard InChI is InChI=1S/C37H45N7O4/c1-36(2,3)47-34(45)43-16-8-10-28(43)32-38-20-26(40-32)22-12-14-24-25-15-13-23(19-31(25)42(7)30(24)18-22)27-21-39-33(41-27)29-11-9-17-44(29)35(46)48-37(4,5)6/h12-15,18-21,28-29H,8-11,16-17H2,1-7H3,(H,38,40)(H,39,41)/t28-,29-/m0/s1. The molecule has 0 unspecified atom stereocenters. The van der Waals surface area contributed by atoms with Gasteiger partial charge in [-0.1, -0.05) is 24.3 Å². The maximum Gasteiger partial charge on any atom is 0.410 e. The van der Waals surface area contributed by atoms with Gasteiger partial charge in [0.05, 0.1) is 35.9 Å². The summed E-state index contributed by atoms with van der Waals surface area (Å²) in [5.74, 6) is 1.56. The summed E-state index contributed by atoms with van der Waals surface area (Å²) in [5.41, 5.74) is 4.99. The lowest BCUT2D eigenvalue weighted by molar-refractivity contribution is 0.0208. The fourth-order valence-corrected chi connectivity index (χ4v) is 7.02. The molecule has 0 spiro atoms. The molecule has 0 radical (unpaired) electrons. The third-order valence-corrected chi connectivity index (χ3v) is 9.21. The van der Waals surface area contributed by atoms with Gasteiger partial charge in [0.2, 0.25) is 0 Å². The van der Waals surface area contributed by atoms with Gasteiger partial charge < -0.3 is 24.0 Å². The van der Waals surface area contributed by atoms with Gasteiger partial charge in [0.1, 0.15) is 22.9 Å². The Hall–Kier alpha value is -4.80. The molecule has 2 amide bonds. The van der Waals surface area contributed by atoms with E-state index in [-0.39, 0.29) is 24.3 Å². The van der Waals surface area contributed by atoms with Crippen molar-refractivity contribution in [1.29, 1.82) is 0 Å². The van der Waals surface area contributed by atoms with Crippen LogP contribution < -0.4 is 0 Å². The Bertz CT molecular complexity index is 1870. The number of likely N-dealkylation sites (tertiary alicyclic amines) is 2. The number of carbonyl (C=O) groups excluding carboxylic acids is 2. The van der Waals surface area contributed by atoms with E-state index < -0.39 is 11.2 Å².